The van der Waals surface area contributed by atoms with Crippen LogP contribution in [0.15, 0.2) is 51.6 Å². The van der Waals surface area contributed by atoms with Crippen molar-refractivity contribution in [2.45, 2.75) is 6.54 Å². The molecule has 1 N–H and O–H groups in total. The quantitative estimate of drug-likeness (QED) is 0.723. The summed E-state index contributed by atoms with van der Waals surface area (Å²) in [6.45, 7) is 0.508. The predicted octanol–water partition coefficient (Wildman–Crippen LogP) is 4.60. The second-order valence-electron chi connectivity index (χ2n) is 4.87. The summed E-state index contributed by atoms with van der Waals surface area (Å²) in [7, 11) is 1.66. The first-order valence-corrected chi connectivity index (χ1v) is 8.42. The third-order valence-electron chi connectivity index (χ3n) is 3.39. The van der Waals surface area contributed by atoms with Crippen LogP contribution in [0.5, 0.6) is 5.75 Å². The van der Waals surface area contributed by atoms with E-state index in [-0.39, 0.29) is 5.91 Å². The lowest BCUT2D eigenvalue weighted by Gasteiger charge is -2.07. The van der Waals surface area contributed by atoms with Crippen molar-refractivity contribution in [3.63, 3.8) is 0 Å². The second-order valence-corrected chi connectivity index (χ2v) is 7.16. The van der Waals surface area contributed by atoms with Crippen LogP contribution in [0.4, 0.5) is 0 Å². The average Bonchev–Trinajstić information content (AvgIpc) is 2.98. The van der Waals surface area contributed by atoms with Gasteiger partial charge < -0.3 is 10.1 Å². The van der Waals surface area contributed by atoms with Gasteiger partial charge in [0.25, 0.3) is 5.91 Å². The number of rotatable bonds is 4. The minimum atomic E-state index is -0.0585. The smallest absolute Gasteiger partial charge is 0.252 e. The molecule has 1 aromatic heterocycles. The maximum atomic E-state index is 12.0. The standard InChI is InChI=1S/C17H14BrNO2S/c1-21-15-5-4-12-6-11(2-3-13(12)7-15)9-19-17(20)14-8-16(18)22-10-14/h2-8,10H,9H2,1H3,(H,19,20). The molecule has 0 bridgehead atoms. The summed E-state index contributed by atoms with van der Waals surface area (Å²) < 4.78 is 6.18. The van der Waals surface area contributed by atoms with Gasteiger partial charge in [-0.3, -0.25) is 4.79 Å². The van der Waals surface area contributed by atoms with Gasteiger partial charge in [-0.15, -0.1) is 11.3 Å². The van der Waals surface area contributed by atoms with E-state index in [0.717, 1.165) is 25.9 Å². The number of thiophene rings is 1. The van der Waals surface area contributed by atoms with Gasteiger partial charge in [-0.25, -0.2) is 0 Å². The van der Waals surface area contributed by atoms with E-state index >= 15 is 0 Å². The first-order chi connectivity index (χ1) is 10.7. The lowest BCUT2D eigenvalue weighted by molar-refractivity contribution is 0.0951. The van der Waals surface area contributed by atoms with E-state index in [4.69, 9.17) is 4.74 Å². The Labute approximate surface area is 141 Å². The van der Waals surface area contributed by atoms with E-state index in [9.17, 15) is 4.79 Å². The number of halogens is 1. The highest BCUT2D eigenvalue weighted by Crippen LogP contribution is 2.22. The molecule has 0 saturated heterocycles. The van der Waals surface area contributed by atoms with Crippen molar-refractivity contribution in [1.29, 1.82) is 0 Å². The normalized spacial score (nSPS) is 10.6. The SMILES string of the molecule is COc1ccc2cc(CNC(=O)c3csc(Br)c3)ccc2c1. The van der Waals surface area contributed by atoms with Crippen LogP contribution in [0.3, 0.4) is 0 Å². The molecule has 0 unspecified atom stereocenters. The van der Waals surface area contributed by atoms with Gasteiger partial charge in [-0.2, -0.15) is 0 Å². The Balaban J connectivity index is 1.72. The van der Waals surface area contributed by atoms with E-state index in [1.807, 2.05) is 41.8 Å². The number of nitrogens with one attached hydrogen (secondary N) is 1. The summed E-state index contributed by atoms with van der Waals surface area (Å²) in [5.41, 5.74) is 1.75. The van der Waals surface area contributed by atoms with Gasteiger partial charge in [0.05, 0.1) is 16.5 Å². The molecule has 3 rings (SSSR count). The Morgan fingerprint density at radius 2 is 1.95 bits per heavy atom. The topological polar surface area (TPSA) is 38.3 Å². The Morgan fingerprint density at radius 3 is 2.68 bits per heavy atom. The summed E-state index contributed by atoms with van der Waals surface area (Å²) in [5.74, 6) is 0.786. The molecule has 0 aliphatic carbocycles. The van der Waals surface area contributed by atoms with Crippen LogP contribution < -0.4 is 10.1 Å². The van der Waals surface area contributed by atoms with Crippen LogP contribution in [-0.4, -0.2) is 13.0 Å². The minimum Gasteiger partial charge on any atom is -0.497 e. The van der Waals surface area contributed by atoms with Crippen LogP contribution in [0.1, 0.15) is 15.9 Å². The lowest BCUT2D eigenvalue weighted by atomic mass is 10.1. The molecule has 0 atom stereocenters. The second kappa shape index (κ2) is 6.50. The van der Waals surface area contributed by atoms with Gasteiger partial charge in [0.15, 0.2) is 0 Å². The van der Waals surface area contributed by atoms with E-state index < -0.39 is 0 Å². The fourth-order valence-electron chi connectivity index (χ4n) is 2.22. The van der Waals surface area contributed by atoms with Crippen molar-refractivity contribution >= 4 is 43.9 Å². The third kappa shape index (κ3) is 3.31. The first-order valence-electron chi connectivity index (χ1n) is 6.74. The van der Waals surface area contributed by atoms with E-state index in [1.165, 1.54) is 11.3 Å². The van der Waals surface area contributed by atoms with Crippen molar-refractivity contribution in [3.8, 4) is 5.75 Å². The van der Waals surface area contributed by atoms with Gasteiger partial charge in [0, 0.05) is 11.9 Å². The molecule has 0 radical (unpaired) electrons. The Bertz CT molecular complexity index is 828. The number of benzene rings is 2. The molecule has 3 aromatic rings. The number of fused-ring (bicyclic) bond motifs is 1. The van der Waals surface area contributed by atoms with Gasteiger partial charge >= 0.3 is 0 Å². The molecule has 0 aliphatic heterocycles. The number of ether oxygens (including phenoxy) is 1. The summed E-state index contributed by atoms with van der Waals surface area (Å²) in [6, 6.07) is 13.9. The zero-order valence-electron chi connectivity index (χ0n) is 11.9. The number of amides is 1. The summed E-state index contributed by atoms with van der Waals surface area (Å²) in [5, 5.41) is 7.03. The van der Waals surface area contributed by atoms with Crippen LogP contribution in [0, 0.1) is 0 Å². The zero-order chi connectivity index (χ0) is 15.5. The molecule has 0 aliphatic rings. The number of carbonyl (C=O) groups is 1. The van der Waals surface area contributed by atoms with Crippen molar-refractivity contribution < 1.29 is 9.53 Å². The molecular weight excluding hydrogens is 362 g/mol. The Kier molecular flexibility index (Phi) is 4.45. The minimum absolute atomic E-state index is 0.0585. The zero-order valence-corrected chi connectivity index (χ0v) is 14.3. The molecule has 0 saturated carbocycles. The summed E-state index contributed by atoms with van der Waals surface area (Å²) in [4.78, 5) is 12.0. The summed E-state index contributed by atoms with van der Waals surface area (Å²) in [6.07, 6.45) is 0. The lowest BCUT2D eigenvalue weighted by Crippen LogP contribution is -2.22. The highest BCUT2D eigenvalue weighted by Gasteiger charge is 2.07. The van der Waals surface area contributed by atoms with Crippen molar-refractivity contribution in [2.75, 3.05) is 7.11 Å². The van der Waals surface area contributed by atoms with Crippen LogP contribution in [-0.2, 0) is 6.54 Å². The Morgan fingerprint density at radius 1 is 1.18 bits per heavy atom. The van der Waals surface area contributed by atoms with Crippen molar-refractivity contribution in [3.05, 3.63) is 62.8 Å². The van der Waals surface area contributed by atoms with E-state index in [2.05, 4.69) is 27.3 Å². The predicted molar refractivity (Wildman–Crippen MR) is 93.7 cm³/mol. The number of carbonyl (C=O) groups excluding carboxylic acids is 1. The van der Waals surface area contributed by atoms with E-state index in [0.29, 0.717) is 12.1 Å². The largest absolute Gasteiger partial charge is 0.497 e. The highest BCUT2D eigenvalue weighted by atomic mass is 79.9. The van der Waals surface area contributed by atoms with E-state index in [1.54, 1.807) is 7.11 Å². The molecule has 112 valence electrons. The maximum Gasteiger partial charge on any atom is 0.252 e. The summed E-state index contributed by atoms with van der Waals surface area (Å²) >= 11 is 4.87. The highest BCUT2D eigenvalue weighted by molar-refractivity contribution is 9.11. The van der Waals surface area contributed by atoms with Gasteiger partial charge in [0.2, 0.25) is 0 Å². The molecule has 1 heterocycles. The monoisotopic (exact) mass is 375 g/mol. The van der Waals surface area contributed by atoms with Gasteiger partial charge in [-0.1, -0.05) is 18.2 Å². The maximum absolute atomic E-state index is 12.0. The molecule has 5 heteroatoms. The van der Waals surface area contributed by atoms with Gasteiger partial charge in [0.1, 0.15) is 5.75 Å². The fraction of sp³-hybridized carbons (Fsp3) is 0.118. The number of hydrogen-bond acceptors (Lipinski definition) is 3. The molecule has 0 spiro atoms. The molecular formula is C17H14BrNO2S. The van der Waals surface area contributed by atoms with Gasteiger partial charge in [-0.05, 0) is 56.5 Å². The van der Waals surface area contributed by atoms with Crippen LogP contribution in [0.2, 0.25) is 0 Å². The molecule has 0 fully saturated rings. The third-order valence-corrected chi connectivity index (χ3v) is 4.90. The van der Waals surface area contributed by atoms with Crippen LogP contribution in [0.25, 0.3) is 10.8 Å². The fourth-order valence-corrected chi connectivity index (χ4v) is 3.36. The number of methoxy groups -OCH3 is 1. The molecule has 22 heavy (non-hydrogen) atoms. The molecule has 2 aromatic carbocycles. The average molecular weight is 376 g/mol. The first kappa shape index (κ1) is 15.1. The number of hydrogen-bond donors (Lipinski definition) is 1. The molecule has 1 amide bonds. The Hall–Kier alpha value is -1.85. The molecule has 3 nitrogen and oxygen atoms in total. The van der Waals surface area contributed by atoms with Crippen molar-refractivity contribution in [2.24, 2.45) is 0 Å². The van der Waals surface area contributed by atoms with Crippen molar-refractivity contribution in [1.82, 2.24) is 5.32 Å². The van der Waals surface area contributed by atoms with Crippen LogP contribution >= 0.6 is 27.3 Å².